The lowest BCUT2D eigenvalue weighted by atomic mass is 10.3. The lowest BCUT2D eigenvalue weighted by molar-refractivity contribution is 0.746. The predicted molar refractivity (Wildman–Crippen MR) is 76.9 cm³/mol. The van der Waals surface area contributed by atoms with Crippen molar-refractivity contribution in [1.29, 1.82) is 0 Å². The van der Waals surface area contributed by atoms with E-state index in [1.165, 1.54) is 0 Å². The second-order valence-corrected chi connectivity index (χ2v) is 7.18. The molecule has 0 amide bonds. The van der Waals surface area contributed by atoms with Crippen LogP contribution < -0.4 is 5.56 Å². The van der Waals surface area contributed by atoms with Crippen molar-refractivity contribution >= 4 is 23.5 Å². The first-order valence-electron chi connectivity index (χ1n) is 5.82. The summed E-state index contributed by atoms with van der Waals surface area (Å²) in [5.41, 5.74) is 0.823. The molecular weight excluding hydrogens is 252 g/mol. The summed E-state index contributed by atoms with van der Waals surface area (Å²) in [6.07, 6.45) is 0. The molecule has 0 bridgehead atoms. The zero-order valence-corrected chi connectivity index (χ0v) is 12.5. The van der Waals surface area contributed by atoms with Gasteiger partial charge in [-0.1, -0.05) is 39.5 Å². The maximum absolute atomic E-state index is 11.5. The van der Waals surface area contributed by atoms with Crippen LogP contribution in [0.2, 0.25) is 0 Å². The summed E-state index contributed by atoms with van der Waals surface area (Å²) in [5, 5.41) is 1.30. The Morgan fingerprint density at radius 3 is 2.65 bits per heavy atom. The average Bonchev–Trinajstić information content (AvgIpc) is 2.23. The van der Waals surface area contributed by atoms with Crippen molar-refractivity contribution in [3.8, 4) is 0 Å². The first kappa shape index (κ1) is 14.6. The van der Waals surface area contributed by atoms with Gasteiger partial charge in [-0.2, -0.15) is 11.8 Å². The van der Waals surface area contributed by atoms with Gasteiger partial charge in [-0.3, -0.25) is 4.79 Å². The fourth-order valence-electron chi connectivity index (χ4n) is 1.12. The van der Waals surface area contributed by atoms with E-state index >= 15 is 0 Å². The van der Waals surface area contributed by atoms with Crippen LogP contribution in [0, 0.1) is 5.92 Å². The van der Waals surface area contributed by atoms with Crippen molar-refractivity contribution in [3.63, 3.8) is 0 Å². The molecule has 17 heavy (non-hydrogen) atoms. The first-order chi connectivity index (χ1) is 7.97. The van der Waals surface area contributed by atoms with Crippen molar-refractivity contribution in [2.24, 2.45) is 5.92 Å². The number of hydrogen-bond acceptors (Lipinski definition) is 4. The molecule has 0 spiro atoms. The van der Waals surface area contributed by atoms with Crippen molar-refractivity contribution in [2.75, 3.05) is 5.75 Å². The van der Waals surface area contributed by atoms with Gasteiger partial charge in [0.15, 0.2) is 5.16 Å². The lowest BCUT2D eigenvalue weighted by Crippen LogP contribution is -2.10. The van der Waals surface area contributed by atoms with Gasteiger partial charge >= 0.3 is 0 Å². The molecule has 0 aliphatic heterocycles. The Hall–Kier alpha value is -0.420. The van der Waals surface area contributed by atoms with Crippen LogP contribution in [0.25, 0.3) is 0 Å². The molecule has 0 unspecified atom stereocenters. The van der Waals surface area contributed by atoms with E-state index in [1.54, 1.807) is 29.6 Å². The average molecular weight is 272 g/mol. The van der Waals surface area contributed by atoms with Crippen LogP contribution in [0.5, 0.6) is 0 Å². The van der Waals surface area contributed by atoms with Crippen LogP contribution >= 0.6 is 23.5 Å². The fraction of sp³-hybridized carbons (Fsp3) is 0.667. The molecule has 0 saturated carbocycles. The number of nitrogens with zero attached hydrogens (tertiary/aromatic N) is 1. The van der Waals surface area contributed by atoms with Gasteiger partial charge in [0.1, 0.15) is 0 Å². The zero-order chi connectivity index (χ0) is 12.8. The van der Waals surface area contributed by atoms with Gasteiger partial charge in [-0.15, -0.1) is 0 Å². The Morgan fingerprint density at radius 1 is 1.35 bits per heavy atom. The molecular formula is C12H20N2OS2. The number of hydrogen-bond donors (Lipinski definition) is 1. The number of aromatic amines is 1. The molecule has 0 aliphatic carbocycles. The van der Waals surface area contributed by atoms with Crippen LogP contribution in [-0.4, -0.2) is 21.0 Å². The number of H-pyrrole nitrogens is 1. The normalized spacial score (nSPS) is 11.4. The highest BCUT2D eigenvalue weighted by molar-refractivity contribution is 7.99. The molecule has 0 aliphatic rings. The Morgan fingerprint density at radius 2 is 2.06 bits per heavy atom. The highest BCUT2D eigenvalue weighted by Crippen LogP contribution is 2.18. The third-order valence-corrected chi connectivity index (χ3v) is 4.32. The van der Waals surface area contributed by atoms with Crippen LogP contribution in [0.3, 0.4) is 0 Å². The third-order valence-electron chi connectivity index (χ3n) is 1.89. The number of aromatic nitrogens is 2. The fourth-order valence-corrected chi connectivity index (χ4v) is 2.62. The van der Waals surface area contributed by atoms with Crippen molar-refractivity contribution < 1.29 is 0 Å². The Labute approximate surface area is 111 Å². The van der Waals surface area contributed by atoms with E-state index in [1.807, 2.05) is 0 Å². The number of thioether (sulfide) groups is 2. The minimum atomic E-state index is -0.0504. The molecule has 1 N–H and O–H groups in total. The molecule has 0 radical (unpaired) electrons. The van der Waals surface area contributed by atoms with Gasteiger partial charge in [0.2, 0.25) is 0 Å². The molecule has 1 heterocycles. The topological polar surface area (TPSA) is 45.8 Å². The summed E-state index contributed by atoms with van der Waals surface area (Å²) in [4.78, 5) is 18.7. The van der Waals surface area contributed by atoms with Gasteiger partial charge in [-0.25, -0.2) is 4.98 Å². The minimum Gasteiger partial charge on any atom is -0.301 e. The molecule has 0 aromatic carbocycles. The monoisotopic (exact) mass is 272 g/mol. The summed E-state index contributed by atoms with van der Waals surface area (Å²) in [5.74, 6) is 2.37. The molecule has 1 rings (SSSR count). The van der Waals surface area contributed by atoms with Crippen LogP contribution in [0.4, 0.5) is 0 Å². The second kappa shape index (κ2) is 7.11. The molecule has 0 atom stereocenters. The van der Waals surface area contributed by atoms with Gasteiger partial charge in [0.05, 0.1) is 5.69 Å². The summed E-state index contributed by atoms with van der Waals surface area (Å²) in [7, 11) is 0. The van der Waals surface area contributed by atoms with Gasteiger partial charge in [0.25, 0.3) is 5.56 Å². The van der Waals surface area contributed by atoms with E-state index in [4.69, 9.17) is 0 Å². The highest BCUT2D eigenvalue weighted by atomic mass is 32.2. The third kappa shape index (κ3) is 6.17. The predicted octanol–water partition coefficient (Wildman–Crippen LogP) is 3.16. The summed E-state index contributed by atoms with van der Waals surface area (Å²) >= 11 is 3.42. The maximum Gasteiger partial charge on any atom is 0.251 e. The lowest BCUT2D eigenvalue weighted by Gasteiger charge is -2.07. The van der Waals surface area contributed by atoms with Crippen LogP contribution in [0.15, 0.2) is 16.0 Å². The summed E-state index contributed by atoms with van der Waals surface area (Å²) in [6, 6.07) is 1.59. The van der Waals surface area contributed by atoms with Crippen LogP contribution in [0.1, 0.15) is 33.4 Å². The van der Waals surface area contributed by atoms with Crippen LogP contribution in [-0.2, 0) is 5.75 Å². The van der Waals surface area contributed by atoms with Crippen molar-refractivity contribution in [3.05, 3.63) is 22.1 Å². The Balaban J connectivity index is 2.69. The molecule has 0 fully saturated rings. The SMILES string of the molecule is CC(C)CSc1nc(CSC(C)C)cc(=O)[nH]1. The van der Waals surface area contributed by atoms with Gasteiger partial charge in [0, 0.05) is 17.6 Å². The number of nitrogens with one attached hydrogen (secondary N) is 1. The quantitative estimate of drug-likeness (QED) is 0.638. The molecule has 3 nitrogen and oxygen atoms in total. The molecule has 0 saturated heterocycles. The van der Waals surface area contributed by atoms with E-state index in [9.17, 15) is 4.79 Å². The summed E-state index contributed by atoms with van der Waals surface area (Å²) in [6.45, 7) is 8.60. The smallest absolute Gasteiger partial charge is 0.251 e. The van der Waals surface area contributed by atoms with E-state index < -0.39 is 0 Å². The van der Waals surface area contributed by atoms with E-state index in [0.29, 0.717) is 11.2 Å². The summed E-state index contributed by atoms with van der Waals surface area (Å²) < 4.78 is 0. The number of rotatable bonds is 6. The van der Waals surface area contributed by atoms with Crippen molar-refractivity contribution in [1.82, 2.24) is 9.97 Å². The molecule has 96 valence electrons. The Bertz CT molecular complexity index is 368. The molecule has 1 aromatic heterocycles. The first-order valence-corrected chi connectivity index (χ1v) is 7.85. The largest absolute Gasteiger partial charge is 0.301 e. The molecule has 5 heteroatoms. The molecule has 1 aromatic rings. The Kier molecular flexibility index (Phi) is 6.12. The van der Waals surface area contributed by atoms with Gasteiger partial charge < -0.3 is 4.98 Å². The highest BCUT2D eigenvalue weighted by Gasteiger charge is 2.04. The minimum absolute atomic E-state index is 0.0504. The van der Waals surface area contributed by atoms with Gasteiger partial charge in [-0.05, 0) is 11.2 Å². The van der Waals surface area contributed by atoms with E-state index in [0.717, 1.165) is 22.4 Å². The zero-order valence-electron chi connectivity index (χ0n) is 10.8. The van der Waals surface area contributed by atoms with E-state index in [2.05, 4.69) is 37.7 Å². The standard InChI is InChI=1S/C12H20N2OS2/c1-8(2)6-17-12-13-10(5-11(15)14-12)7-16-9(3)4/h5,8-9H,6-7H2,1-4H3,(H,13,14,15). The second-order valence-electron chi connectivity index (χ2n) is 4.61. The van der Waals surface area contributed by atoms with E-state index in [-0.39, 0.29) is 5.56 Å². The maximum atomic E-state index is 11.5. The van der Waals surface area contributed by atoms with Crippen molar-refractivity contribution in [2.45, 2.75) is 43.9 Å².